The number of ether oxygens (including phenoxy) is 1. The number of rotatable bonds is 8. The highest BCUT2D eigenvalue weighted by atomic mass is 127. The SMILES string of the molecule is CCNC(=NCc1ccnc(N2CCCC2)c1)NCc1ccc(C)cc1OC(C)C.I. The fraction of sp³-hybridized carbons (Fsp3) is 0.500. The molecule has 0 spiro atoms. The van der Waals surface area contributed by atoms with Crippen molar-refractivity contribution in [2.24, 2.45) is 4.99 Å². The Labute approximate surface area is 203 Å². The molecule has 6 nitrogen and oxygen atoms in total. The van der Waals surface area contributed by atoms with Gasteiger partial charge in [-0.05, 0) is 69.9 Å². The fourth-order valence-corrected chi connectivity index (χ4v) is 3.54. The van der Waals surface area contributed by atoms with Gasteiger partial charge in [-0.1, -0.05) is 12.1 Å². The van der Waals surface area contributed by atoms with Gasteiger partial charge in [0.2, 0.25) is 0 Å². The summed E-state index contributed by atoms with van der Waals surface area (Å²) in [6, 6.07) is 10.5. The van der Waals surface area contributed by atoms with Crippen molar-refractivity contribution in [3.63, 3.8) is 0 Å². The Bertz CT molecular complexity index is 850. The number of hydrogen-bond acceptors (Lipinski definition) is 4. The first-order valence-electron chi connectivity index (χ1n) is 11.0. The summed E-state index contributed by atoms with van der Waals surface area (Å²) in [7, 11) is 0. The van der Waals surface area contributed by atoms with Crippen LogP contribution >= 0.6 is 24.0 Å². The second kappa shape index (κ2) is 12.7. The maximum atomic E-state index is 6.00. The molecule has 7 heteroatoms. The number of anilines is 1. The molecule has 0 bridgehead atoms. The number of aromatic nitrogens is 1. The lowest BCUT2D eigenvalue weighted by atomic mass is 10.1. The quantitative estimate of drug-likeness (QED) is 0.292. The molecule has 1 aliphatic rings. The minimum atomic E-state index is 0. The van der Waals surface area contributed by atoms with Crippen LogP contribution in [0.2, 0.25) is 0 Å². The van der Waals surface area contributed by atoms with Crippen molar-refractivity contribution in [3.8, 4) is 5.75 Å². The molecule has 1 saturated heterocycles. The summed E-state index contributed by atoms with van der Waals surface area (Å²) in [5.74, 6) is 2.79. The van der Waals surface area contributed by atoms with E-state index in [-0.39, 0.29) is 30.1 Å². The minimum absolute atomic E-state index is 0. The van der Waals surface area contributed by atoms with Crippen LogP contribution in [0.15, 0.2) is 41.5 Å². The van der Waals surface area contributed by atoms with Crippen LogP contribution in [-0.4, -0.2) is 36.7 Å². The van der Waals surface area contributed by atoms with Gasteiger partial charge < -0.3 is 20.3 Å². The molecular weight excluding hydrogens is 501 g/mol. The topological polar surface area (TPSA) is 61.8 Å². The number of guanidine groups is 1. The largest absolute Gasteiger partial charge is 0.491 e. The van der Waals surface area contributed by atoms with Gasteiger partial charge >= 0.3 is 0 Å². The smallest absolute Gasteiger partial charge is 0.191 e. The molecule has 0 unspecified atom stereocenters. The maximum absolute atomic E-state index is 6.00. The Kier molecular flexibility index (Phi) is 10.4. The highest BCUT2D eigenvalue weighted by Gasteiger charge is 2.13. The molecule has 31 heavy (non-hydrogen) atoms. The summed E-state index contributed by atoms with van der Waals surface area (Å²) in [6.07, 6.45) is 4.53. The van der Waals surface area contributed by atoms with Crippen molar-refractivity contribution < 1.29 is 4.74 Å². The van der Waals surface area contributed by atoms with Gasteiger partial charge in [-0.25, -0.2) is 9.98 Å². The summed E-state index contributed by atoms with van der Waals surface area (Å²) in [5.41, 5.74) is 3.49. The molecule has 1 aliphatic heterocycles. The van der Waals surface area contributed by atoms with Gasteiger partial charge in [0.1, 0.15) is 11.6 Å². The van der Waals surface area contributed by atoms with Crippen molar-refractivity contribution in [1.82, 2.24) is 15.6 Å². The third-order valence-corrected chi connectivity index (χ3v) is 5.04. The molecule has 3 rings (SSSR count). The van der Waals surface area contributed by atoms with Crippen molar-refractivity contribution in [2.75, 3.05) is 24.5 Å². The first-order chi connectivity index (χ1) is 14.5. The Morgan fingerprint density at radius 1 is 1.16 bits per heavy atom. The summed E-state index contributed by atoms with van der Waals surface area (Å²) in [5, 5.41) is 6.78. The number of aryl methyl sites for hydroxylation is 1. The van der Waals surface area contributed by atoms with E-state index < -0.39 is 0 Å². The van der Waals surface area contributed by atoms with Crippen molar-refractivity contribution in [2.45, 2.75) is 59.7 Å². The van der Waals surface area contributed by atoms with E-state index in [1.54, 1.807) is 0 Å². The van der Waals surface area contributed by atoms with Crippen molar-refractivity contribution in [1.29, 1.82) is 0 Å². The number of benzene rings is 1. The van der Waals surface area contributed by atoms with Crippen LogP contribution in [-0.2, 0) is 13.1 Å². The molecule has 0 saturated carbocycles. The predicted octanol–water partition coefficient (Wildman–Crippen LogP) is 4.65. The summed E-state index contributed by atoms with van der Waals surface area (Å²) >= 11 is 0. The molecule has 170 valence electrons. The van der Waals surface area contributed by atoms with Crippen molar-refractivity contribution >= 4 is 35.8 Å². The zero-order valence-electron chi connectivity index (χ0n) is 19.1. The average molecular weight is 537 g/mol. The molecule has 1 aromatic heterocycles. The predicted molar refractivity (Wildman–Crippen MR) is 140 cm³/mol. The average Bonchev–Trinajstić information content (AvgIpc) is 3.26. The zero-order valence-corrected chi connectivity index (χ0v) is 21.5. The second-order valence-corrected chi connectivity index (χ2v) is 8.04. The Morgan fingerprint density at radius 2 is 1.94 bits per heavy atom. The van der Waals surface area contributed by atoms with E-state index in [0.717, 1.165) is 42.7 Å². The summed E-state index contributed by atoms with van der Waals surface area (Å²) in [6.45, 7) is 12.5. The van der Waals surface area contributed by atoms with Crippen LogP contribution < -0.4 is 20.3 Å². The molecule has 2 N–H and O–H groups in total. The van der Waals surface area contributed by atoms with E-state index >= 15 is 0 Å². The van der Waals surface area contributed by atoms with E-state index in [4.69, 9.17) is 9.73 Å². The maximum Gasteiger partial charge on any atom is 0.191 e. The third kappa shape index (κ3) is 7.87. The number of hydrogen-bond donors (Lipinski definition) is 2. The van der Waals surface area contributed by atoms with Crippen LogP contribution in [0.4, 0.5) is 5.82 Å². The summed E-state index contributed by atoms with van der Waals surface area (Å²) in [4.78, 5) is 11.7. The Morgan fingerprint density at radius 3 is 2.65 bits per heavy atom. The molecule has 0 aliphatic carbocycles. The van der Waals surface area contributed by atoms with Crippen LogP contribution in [0.25, 0.3) is 0 Å². The van der Waals surface area contributed by atoms with Gasteiger partial charge in [-0.15, -0.1) is 24.0 Å². The highest BCUT2D eigenvalue weighted by molar-refractivity contribution is 14.0. The van der Waals surface area contributed by atoms with Crippen LogP contribution in [0.3, 0.4) is 0 Å². The highest BCUT2D eigenvalue weighted by Crippen LogP contribution is 2.22. The van der Waals surface area contributed by atoms with Gasteiger partial charge in [0.15, 0.2) is 5.96 Å². The van der Waals surface area contributed by atoms with Gasteiger partial charge in [-0.3, -0.25) is 0 Å². The van der Waals surface area contributed by atoms with Gasteiger partial charge in [-0.2, -0.15) is 0 Å². The lowest BCUT2D eigenvalue weighted by molar-refractivity contribution is 0.239. The minimum Gasteiger partial charge on any atom is -0.491 e. The van der Waals surface area contributed by atoms with Crippen LogP contribution in [0.5, 0.6) is 5.75 Å². The number of halogens is 1. The van der Waals surface area contributed by atoms with Crippen molar-refractivity contribution in [3.05, 3.63) is 53.2 Å². The van der Waals surface area contributed by atoms with Gasteiger partial charge in [0, 0.05) is 37.9 Å². The number of pyridine rings is 1. The number of nitrogens with zero attached hydrogens (tertiary/aromatic N) is 3. The van der Waals surface area contributed by atoms with E-state index in [1.165, 1.54) is 24.0 Å². The number of nitrogens with one attached hydrogen (secondary N) is 2. The van der Waals surface area contributed by atoms with E-state index in [1.807, 2.05) is 12.3 Å². The molecule has 2 heterocycles. The fourth-order valence-electron chi connectivity index (χ4n) is 3.54. The molecule has 0 radical (unpaired) electrons. The first kappa shape index (κ1) is 25.2. The van der Waals surface area contributed by atoms with Gasteiger partial charge in [0.05, 0.1) is 12.6 Å². The molecule has 0 atom stereocenters. The van der Waals surface area contributed by atoms with E-state index in [9.17, 15) is 0 Å². The van der Waals surface area contributed by atoms with E-state index in [2.05, 4.69) is 72.5 Å². The van der Waals surface area contributed by atoms with Gasteiger partial charge in [0.25, 0.3) is 0 Å². The lowest BCUT2D eigenvalue weighted by Gasteiger charge is -2.17. The van der Waals surface area contributed by atoms with Crippen LogP contribution in [0.1, 0.15) is 50.3 Å². The lowest BCUT2D eigenvalue weighted by Crippen LogP contribution is -2.37. The molecule has 1 aromatic carbocycles. The first-order valence-corrected chi connectivity index (χ1v) is 11.0. The monoisotopic (exact) mass is 537 g/mol. The third-order valence-electron chi connectivity index (χ3n) is 5.04. The van der Waals surface area contributed by atoms with Crippen LogP contribution in [0, 0.1) is 6.92 Å². The summed E-state index contributed by atoms with van der Waals surface area (Å²) < 4.78 is 6.00. The zero-order chi connectivity index (χ0) is 21.3. The number of aliphatic imine (C=N–C) groups is 1. The standard InChI is InChI=1S/C24H35N5O.HI/c1-5-25-24(28-17-21-9-8-19(4)14-22(21)30-18(2)3)27-16-20-10-11-26-23(15-20)29-12-6-7-13-29;/h8-11,14-15,18H,5-7,12-13,16-17H2,1-4H3,(H2,25,27,28);1H. The van der Waals surface area contributed by atoms with E-state index in [0.29, 0.717) is 13.1 Å². The molecule has 1 fully saturated rings. The molecule has 0 amide bonds. The second-order valence-electron chi connectivity index (χ2n) is 8.04. The molecular formula is C24H36IN5O. The normalized spacial score (nSPS) is 13.8. The Balaban J connectivity index is 0.00000341. The molecule has 2 aromatic rings. The Hall–Kier alpha value is -2.03.